The molecule has 0 bridgehead atoms. The average Bonchev–Trinajstić information content (AvgIpc) is 2.02. The van der Waals surface area contributed by atoms with Crippen LogP contribution in [-0.2, 0) is 0 Å². The molecule has 0 spiro atoms. The van der Waals surface area contributed by atoms with E-state index in [2.05, 4.69) is 39.2 Å². The SMILES string of the molecule is C=CC(CCCCCC)[Si](C)(C)C. The molecule has 0 aliphatic carbocycles. The first-order chi connectivity index (χ1) is 6.02. The van der Waals surface area contributed by atoms with Gasteiger partial charge in [0.05, 0.1) is 8.07 Å². The quantitative estimate of drug-likeness (QED) is 0.312. The van der Waals surface area contributed by atoms with E-state index in [9.17, 15) is 0 Å². The molecule has 1 unspecified atom stereocenters. The zero-order valence-corrected chi connectivity index (χ0v) is 10.9. The minimum Gasteiger partial charge on any atom is -0.103 e. The Kier molecular flexibility index (Phi) is 6.40. The van der Waals surface area contributed by atoms with Gasteiger partial charge in [0.1, 0.15) is 0 Å². The summed E-state index contributed by atoms with van der Waals surface area (Å²) in [5.41, 5.74) is 0.823. The maximum Gasteiger partial charge on any atom is 0.0513 e. The molecule has 78 valence electrons. The summed E-state index contributed by atoms with van der Waals surface area (Å²) in [5.74, 6) is 0. The van der Waals surface area contributed by atoms with Gasteiger partial charge >= 0.3 is 0 Å². The second-order valence-corrected chi connectivity index (χ2v) is 10.5. The van der Waals surface area contributed by atoms with Crippen LogP contribution in [0, 0.1) is 0 Å². The van der Waals surface area contributed by atoms with Crippen molar-refractivity contribution in [3.05, 3.63) is 12.7 Å². The zero-order valence-electron chi connectivity index (χ0n) is 9.90. The van der Waals surface area contributed by atoms with E-state index in [4.69, 9.17) is 0 Å². The molecule has 0 rings (SSSR count). The smallest absolute Gasteiger partial charge is 0.0513 e. The predicted molar refractivity (Wildman–Crippen MR) is 66.1 cm³/mol. The van der Waals surface area contributed by atoms with E-state index in [1.807, 2.05) is 0 Å². The Morgan fingerprint density at radius 1 is 1.15 bits per heavy atom. The van der Waals surface area contributed by atoms with Crippen molar-refractivity contribution in [2.45, 2.75) is 64.2 Å². The van der Waals surface area contributed by atoms with Crippen molar-refractivity contribution in [3.8, 4) is 0 Å². The molecule has 0 aromatic heterocycles. The van der Waals surface area contributed by atoms with Crippen LogP contribution in [-0.4, -0.2) is 8.07 Å². The third kappa shape index (κ3) is 6.09. The molecule has 0 fully saturated rings. The van der Waals surface area contributed by atoms with Gasteiger partial charge in [-0.05, 0) is 12.0 Å². The molecule has 1 atom stereocenters. The Balaban J connectivity index is 3.67. The van der Waals surface area contributed by atoms with Gasteiger partial charge in [0.25, 0.3) is 0 Å². The fourth-order valence-electron chi connectivity index (χ4n) is 1.70. The highest BCUT2D eigenvalue weighted by molar-refractivity contribution is 6.78. The summed E-state index contributed by atoms with van der Waals surface area (Å²) in [6.45, 7) is 13.6. The molecule has 0 saturated carbocycles. The first-order valence-corrected chi connectivity index (χ1v) is 9.22. The standard InChI is InChI=1S/C12H26Si/c1-6-8-9-10-11-12(7-2)13(3,4)5/h7,12H,2,6,8-11H2,1,3-5H3. The summed E-state index contributed by atoms with van der Waals surface area (Å²) in [6, 6.07) is 0. The molecule has 13 heavy (non-hydrogen) atoms. The van der Waals surface area contributed by atoms with Crippen LogP contribution in [0.4, 0.5) is 0 Å². The molecule has 0 aliphatic rings. The molecule has 0 N–H and O–H groups in total. The Morgan fingerprint density at radius 2 is 1.77 bits per heavy atom. The lowest BCUT2D eigenvalue weighted by molar-refractivity contribution is 0.632. The van der Waals surface area contributed by atoms with Crippen LogP contribution >= 0.6 is 0 Å². The van der Waals surface area contributed by atoms with Crippen LogP contribution in [0.1, 0.15) is 39.0 Å². The van der Waals surface area contributed by atoms with Crippen LogP contribution in [0.5, 0.6) is 0 Å². The Bertz CT molecular complexity index is 133. The van der Waals surface area contributed by atoms with Gasteiger partial charge < -0.3 is 0 Å². The summed E-state index contributed by atoms with van der Waals surface area (Å²) in [7, 11) is -0.965. The van der Waals surface area contributed by atoms with E-state index in [1.165, 1.54) is 32.1 Å². The number of unbranched alkanes of at least 4 members (excludes halogenated alkanes) is 3. The normalized spacial score (nSPS) is 14.2. The molecular weight excluding hydrogens is 172 g/mol. The Hall–Kier alpha value is -0.0431. The van der Waals surface area contributed by atoms with E-state index in [0.717, 1.165) is 5.54 Å². The van der Waals surface area contributed by atoms with Crippen molar-refractivity contribution in [1.29, 1.82) is 0 Å². The third-order valence-corrected chi connectivity index (χ3v) is 5.51. The molecule has 0 aromatic rings. The van der Waals surface area contributed by atoms with E-state index >= 15 is 0 Å². The number of hydrogen-bond donors (Lipinski definition) is 0. The van der Waals surface area contributed by atoms with Gasteiger partial charge in [-0.2, -0.15) is 0 Å². The highest BCUT2D eigenvalue weighted by Crippen LogP contribution is 2.28. The minimum absolute atomic E-state index is 0.823. The highest BCUT2D eigenvalue weighted by atomic mass is 28.3. The van der Waals surface area contributed by atoms with Gasteiger partial charge in [-0.25, -0.2) is 0 Å². The van der Waals surface area contributed by atoms with Crippen molar-refractivity contribution < 1.29 is 0 Å². The van der Waals surface area contributed by atoms with Crippen molar-refractivity contribution in [3.63, 3.8) is 0 Å². The van der Waals surface area contributed by atoms with Crippen LogP contribution in [0.3, 0.4) is 0 Å². The average molecular weight is 198 g/mol. The lowest BCUT2D eigenvalue weighted by atomic mass is 10.1. The summed E-state index contributed by atoms with van der Waals surface area (Å²) >= 11 is 0. The van der Waals surface area contributed by atoms with Crippen LogP contribution in [0.2, 0.25) is 25.2 Å². The summed E-state index contributed by atoms with van der Waals surface area (Å²) in [6.07, 6.45) is 9.11. The van der Waals surface area contributed by atoms with Gasteiger partial charge in [0, 0.05) is 0 Å². The lowest BCUT2D eigenvalue weighted by Gasteiger charge is -2.25. The van der Waals surface area contributed by atoms with E-state index < -0.39 is 8.07 Å². The van der Waals surface area contributed by atoms with Gasteiger partial charge in [0.15, 0.2) is 0 Å². The van der Waals surface area contributed by atoms with Crippen LogP contribution in [0.15, 0.2) is 12.7 Å². The van der Waals surface area contributed by atoms with E-state index in [0.29, 0.717) is 0 Å². The van der Waals surface area contributed by atoms with E-state index in [1.54, 1.807) is 0 Å². The Morgan fingerprint density at radius 3 is 2.15 bits per heavy atom. The second-order valence-electron chi connectivity index (χ2n) is 5.06. The maximum atomic E-state index is 3.96. The summed E-state index contributed by atoms with van der Waals surface area (Å²) in [5, 5.41) is 0. The Labute approximate surface area is 85.4 Å². The van der Waals surface area contributed by atoms with Gasteiger partial charge in [0.2, 0.25) is 0 Å². The minimum atomic E-state index is -0.965. The largest absolute Gasteiger partial charge is 0.103 e. The highest BCUT2D eigenvalue weighted by Gasteiger charge is 2.22. The first kappa shape index (κ1) is 13.0. The molecular formula is C12H26Si. The molecule has 1 heteroatoms. The molecule has 0 aliphatic heterocycles. The summed E-state index contributed by atoms with van der Waals surface area (Å²) < 4.78 is 0. The number of rotatable bonds is 7. The van der Waals surface area contributed by atoms with Gasteiger partial charge in [-0.15, -0.1) is 6.58 Å². The molecule has 0 amide bonds. The third-order valence-electron chi connectivity index (χ3n) is 2.77. The second kappa shape index (κ2) is 6.42. The predicted octanol–water partition coefficient (Wildman–Crippen LogP) is 4.85. The lowest BCUT2D eigenvalue weighted by Crippen LogP contribution is -2.26. The maximum absolute atomic E-state index is 3.96. The topological polar surface area (TPSA) is 0 Å². The van der Waals surface area contributed by atoms with Gasteiger partial charge in [-0.3, -0.25) is 0 Å². The molecule has 0 heterocycles. The molecule has 0 aromatic carbocycles. The van der Waals surface area contributed by atoms with E-state index in [-0.39, 0.29) is 0 Å². The number of allylic oxidation sites excluding steroid dienone is 1. The zero-order chi connectivity index (χ0) is 10.3. The molecule has 0 saturated heterocycles. The van der Waals surface area contributed by atoms with Crippen molar-refractivity contribution in [2.24, 2.45) is 0 Å². The number of hydrogen-bond acceptors (Lipinski definition) is 0. The van der Waals surface area contributed by atoms with Crippen LogP contribution in [0.25, 0.3) is 0 Å². The monoisotopic (exact) mass is 198 g/mol. The van der Waals surface area contributed by atoms with Crippen molar-refractivity contribution in [2.75, 3.05) is 0 Å². The van der Waals surface area contributed by atoms with Gasteiger partial charge in [-0.1, -0.05) is 58.3 Å². The fourth-order valence-corrected chi connectivity index (χ4v) is 3.47. The van der Waals surface area contributed by atoms with Crippen molar-refractivity contribution in [1.82, 2.24) is 0 Å². The van der Waals surface area contributed by atoms with Crippen LogP contribution < -0.4 is 0 Å². The fraction of sp³-hybridized carbons (Fsp3) is 0.833. The first-order valence-electron chi connectivity index (χ1n) is 5.65. The molecule has 0 nitrogen and oxygen atoms in total. The molecule has 0 radical (unpaired) electrons. The van der Waals surface area contributed by atoms with Crippen molar-refractivity contribution >= 4 is 8.07 Å². The summed E-state index contributed by atoms with van der Waals surface area (Å²) in [4.78, 5) is 0.